The number of benzene rings is 1. The lowest BCUT2D eigenvalue weighted by Gasteiger charge is -2.42. The van der Waals surface area contributed by atoms with Crippen molar-refractivity contribution in [2.24, 2.45) is 0 Å². The highest BCUT2D eigenvalue weighted by molar-refractivity contribution is 5.92. The van der Waals surface area contributed by atoms with Crippen molar-refractivity contribution >= 4 is 17.7 Å². The number of para-hydroxylation sites is 1. The Morgan fingerprint density at radius 1 is 1.40 bits per heavy atom. The largest absolute Gasteiger partial charge is 0.481 e. The number of anilines is 1. The second-order valence-corrected chi connectivity index (χ2v) is 5.14. The van der Waals surface area contributed by atoms with E-state index in [-0.39, 0.29) is 12.1 Å². The van der Waals surface area contributed by atoms with Crippen LogP contribution in [-0.2, 0) is 4.79 Å². The average Bonchev–Trinajstić information content (AvgIpc) is 2.35. The molecule has 108 valence electrons. The van der Waals surface area contributed by atoms with Crippen LogP contribution < -0.4 is 10.2 Å². The second kappa shape index (κ2) is 5.48. The predicted octanol–water partition coefficient (Wildman–Crippen LogP) is 2.37. The summed E-state index contributed by atoms with van der Waals surface area (Å²) in [6.45, 7) is 0. The maximum Gasteiger partial charge on any atom is 0.322 e. The highest BCUT2D eigenvalue weighted by atomic mass is 19.1. The van der Waals surface area contributed by atoms with E-state index in [0.29, 0.717) is 12.8 Å². The number of carbonyl (C=O) groups is 2. The van der Waals surface area contributed by atoms with Crippen molar-refractivity contribution in [2.45, 2.75) is 31.2 Å². The lowest BCUT2D eigenvalue weighted by atomic mass is 9.74. The molecule has 5 nitrogen and oxygen atoms in total. The molecule has 2 amide bonds. The summed E-state index contributed by atoms with van der Waals surface area (Å²) < 4.78 is 13.6. The van der Waals surface area contributed by atoms with Crippen LogP contribution in [0, 0.1) is 5.82 Å². The van der Waals surface area contributed by atoms with Gasteiger partial charge in [-0.1, -0.05) is 12.1 Å². The lowest BCUT2D eigenvalue weighted by molar-refractivity contribution is -0.139. The standard InChI is InChI=1S/C14H17FN2O3/c1-17(11-6-3-2-5-10(11)15)13(20)16-14(7-4-8-14)9-12(18)19/h2-3,5-6H,4,7-9H2,1H3,(H,16,20)(H,18,19). The van der Waals surface area contributed by atoms with E-state index in [9.17, 15) is 14.0 Å². The zero-order valence-electron chi connectivity index (χ0n) is 11.2. The molecule has 0 saturated heterocycles. The molecule has 0 aliphatic heterocycles. The van der Waals surface area contributed by atoms with Crippen molar-refractivity contribution in [3.05, 3.63) is 30.1 Å². The summed E-state index contributed by atoms with van der Waals surface area (Å²) in [4.78, 5) is 24.2. The molecule has 0 atom stereocenters. The number of nitrogens with zero attached hydrogens (tertiary/aromatic N) is 1. The number of amides is 2. The van der Waals surface area contributed by atoms with Crippen molar-refractivity contribution in [3.8, 4) is 0 Å². The van der Waals surface area contributed by atoms with Gasteiger partial charge in [0, 0.05) is 7.05 Å². The molecule has 2 N–H and O–H groups in total. The maximum atomic E-state index is 13.6. The predicted molar refractivity (Wildman–Crippen MR) is 72.2 cm³/mol. The second-order valence-electron chi connectivity index (χ2n) is 5.14. The normalized spacial score (nSPS) is 16.1. The molecular weight excluding hydrogens is 263 g/mol. The van der Waals surface area contributed by atoms with Gasteiger partial charge in [0.25, 0.3) is 0 Å². The van der Waals surface area contributed by atoms with Crippen molar-refractivity contribution in [1.82, 2.24) is 5.32 Å². The Morgan fingerprint density at radius 3 is 2.55 bits per heavy atom. The number of rotatable bonds is 4. The van der Waals surface area contributed by atoms with Gasteiger partial charge in [-0.15, -0.1) is 0 Å². The SMILES string of the molecule is CN(C(=O)NC1(CC(=O)O)CCC1)c1ccccc1F. The molecule has 20 heavy (non-hydrogen) atoms. The number of halogens is 1. The molecule has 0 bridgehead atoms. The van der Waals surface area contributed by atoms with Gasteiger partial charge in [0.2, 0.25) is 0 Å². The topological polar surface area (TPSA) is 69.6 Å². The first-order valence-corrected chi connectivity index (χ1v) is 6.46. The van der Waals surface area contributed by atoms with Crippen LogP contribution in [0.15, 0.2) is 24.3 Å². The average molecular weight is 280 g/mol. The molecule has 0 radical (unpaired) electrons. The van der Waals surface area contributed by atoms with Gasteiger partial charge in [0.05, 0.1) is 17.6 Å². The summed E-state index contributed by atoms with van der Waals surface area (Å²) in [6, 6.07) is 5.46. The van der Waals surface area contributed by atoms with Crippen LogP contribution in [0.25, 0.3) is 0 Å². The Morgan fingerprint density at radius 2 is 2.05 bits per heavy atom. The van der Waals surface area contributed by atoms with Gasteiger partial charge in [0.1, 0.15) is 5.82 Å². The summed E-state index contributed by atoms with van der Waals surface area (Å²) in [5.74, 6) is -1.44. The molecular formula is C14H17FN2O3. The number of hydrogen-bond donors (Lipinski definition) is 2. The molecule has 1 aliphatic carbocycles. The summed E-state index contributed by atoms with van der Waals surface area (Å²) in [7, 11) is 1.46. The number of aliphatic carboxylic acids is 1. The Hall–Kier alpha value is -2.11. The molecule has 1 fully saturated rings. The summed E-state index contributed by atoms with van der Waals surface area (Å²) >= 11 is 0. The third kappa shape index (κ3) is 2.89. The van der Waals surface area contributed by atoms with Crippen LogP contribution in [0.5, 0.6) is 0 Å². The molecule has 1 aromatic rings. The Labute approximate surface area is 116 Å². The van der Waals surface area contributed by atoms with Gasteiger partial charge in [0.15, 0.2) is 0 Å². The van der Waals surface area contributed by atoms with Crippen LogP contribution in [-0.4, -0.2) is 29.7 Å². The van der Waals surface area contributed by atoms with E-state index in [0.717, 1.165) is 11.3 Å². The van der Waals surface area contributed by atoms with Gasteiger partial charge < -0.3 is 10.4 Å². The first-order valence-electron chi connectivity index (χ1n) is 6.46. The minimum Gasteiger partial charge on any atom is -0.481 e. The van der Waals surface area contributed by atoms with E-state index in [1.54, 1.807) is 12.1 Å². The van der Waals surface area contributed by atoms with Gasteiger partial charge in [-0.2, -0.15) is 0 Å². The van der Waals surface area contributed by atoms with Crippen molar-refractivity contribution < 1.29 is 19.1 Å². The van der Waals surface area contributed by atoms with Gasteiger partial charge in [-0.05, 0) is 31.4 Å². The quantitative estimate of drug-likeness (QED) is 0.889. The molecule has 0 unspecified atom stereocenters. The van der Waals surface area contributed by atoms with Crippen LogP contribution in [0.1, 0.15) is 25.7 Å². The van der Waals surface area contributed by atoms with E-state index in [4.69, 9.17) is 5.11 Å². The Kier molecular flexibility index (Phi) is 3.92. The monoisotopic (exact) mass is 280 g/mol. The smallest absolute Gasteiger partial charge is 0.322 e. The van der Waals surface area contributed by atoms with Crippen molar-refractivity contribution in [1.29, 1.82) is 0 Å². The minimum atomic E-state index is -0.946. The maximum absolute atomic E-state index is 13.6. The number of carboxylic acids is 1. The van der Waals surface area contributed by atoms with Gasteiger partial charge in [-0.3, -0.25) is 9.69 Å². The Balaban J connectivity index is 2.08. The van der Waals surface area contributed by atoms with Gasteiger partial charge in [-0.25, -0.2) is 9.18 Å². The molecule has 6 heteroatoms. The molecule has 1 aromatic carbocycles. The summed E-state index contributed by atoms with van der Waals surface area (Å²) in [5.41, 5.74) is -0.530. The zero-order chi connectivity index (χ0) is 14.8. The highest BCUT2D eigenvalue weighted by Gasteiger charge is 2.41. The van der Waals surface area contributed by atoms with E-state index >= 15 is 0 Å². The highest BCUT2D eigenvalue weighted by Crippen LogP contribution is 2.35. The molecule has 0 spiro atoms. The number of urea groups is 1. The van der Waals surface area contributed by atoms with Crippen molar-refractivity contribution in [2.75, 3.05) is 11.9 Å². The zero-order valence-corrected chi connectivity index (χ0v) is 11.2. The molecule has 2 rings (SSSR count). The van der Waals surface area contributed by atoms with Crippen LogP contribution >= 0.6 is 0 Å². The molecule has 1 saturated carbocycles. The molecule has 0 aromatic heterocycles. The van der Waals surface area contributed by atoms with Crippen molar-refractivity contribution in [3.63, 3.8) is 0 Å². The van der Waals surface area contributed by atoms with Crippen LogP contribution in [0.3, 0.4) is 0 Å². The van der Waals surface area contributed by atoms with E-state index in [1.165, 1.54) is 19.2 Å². The van der Waals surface area contributed by atoms with Crippen LogP contribution in [0.2, 0.25) is 0 Å². The third-order valence-corrected chi connectivity index (χ3v) is 3.69. The third-order valence-electron chi connectivity index (χ3n) is 3.69. The summed E-state index contributed by atoms with van der Waals surface area (Å²) in [5, 5.41) is 11.6. The van der Waals surface area contributed by atoms with Crippen LogP contribution in [0.4, 0.5) is 14.9 Å². The summed E-state index contributed by atoms with van der Waals surface area (Å²) in [6.07, 6.45) is 2.05. The minimum absolute atomic E-state index is 0.107. The lowest BCUT2D eigenvalue weighted by Crippen LogP contribution is -2.57. The van der Waals surface area contributed by atoms with E-state index in [1.807, 2.05) is 0 Å². The Bertz CT molecular complexity index is 529. The fraction of sp³-hybridized carbons (Fsp3) is 0.429. The fourth-order valence-corrected chi connectivity index (χ4v) is 2.38. The van der Waals surface area contributed by atoms with Gasteiger partial charge >= 0.3 is 12.0 Å². The fourth-order valence-electron chi connectivity index (χ4n) is 2.38. The molecule has 1 aliphatic rings. The first-order chi connectivity index (χ1) is 9.43. The molecule has 0 heterocycles. The number of carboxylic acid groups (broad SMARTS) is 1. The van der Waals surface area contributed by atoms with E-state index < -0.39 is 23.4 Å². The number of nitrogens with one attached hydrogen (secondary N) is 1. The first kappa shape index (κ1) is 14.3. The number of hydrogen-bond acceptors (Lipinski definition) is 2. The van der Waals surface area contributed by atoms with E-state index in [2.05, 4.69) is 5.32 Å². The number of carbonyl (C=O) groups excluding carboxylic acids is 1.